The van der Waals surface area contributed by atoms with Crippen molar-refractivity contribution in [1.82, 2.24) is 30.3 Å². The molecular weight excluding hydrogens is 402 g/mol. The number of hydrogen-bond acceptors (Lipinski definition) is 5. The minimum absolute atomic E-state index is 0.279. The number of rotatable bonds is 7. The number of methoxy groups -OCH3 is 1. The van der Waals surface area contributed by atoms with Crippen molar-refractivity contribution in [2.45, 2.75) is 70.8 Å². The molecule has 1 atom stereocenters. The average Bonchev–Trinajstić information content (AvgIpc) is 3.03. The van der Waals surface area contributed by atoms with Gasteiger partial charge in [0.1, 0.15) is 12.4 Å². The molecule has 2 aromatic rings. The summed E-state index contributed by atoms with van der Waals surface area (Å²) in [5.41, 5.74) is 2.66. The standard InChI is InChI=1S/C24H37N7O/c1-25-24(27-21-11-12-23-28-22(18-32-2)29-31(23)17-21)26-15-19-7-9-20(10-8-19)16-30-13-5-3-4-6-14-30/h7-10,21H,3-6,11-18H2,1-2H3,(H2,25,26,27). The first-order valence-corrected chi connectivity index (χ1v) is 11.9. The zero-order valence-electron chi connectivity index (χ0n) is 19.5. The second-order valence-corrected chi connectivity index (χ2v) is 8.87. The molecule has 1 aromatic carbocycles. The smallest absolute Gasteiger partial charge is 0.191 e. The summed E-state index contributed by atoms with van der Waals surface area (Å²) in [5, 5.41) is 11.5. The summed E-state index contributed by atoms with van der Waals surface area (Å²) in [5.74, 6) is 2.62. The van der Waals surface area contributed by atoms with Crippen molar-refractivity contribution >= 4 is 5.96 Å². The van der Waals surface area contributed by atoms with Crippen molar-refractivity contribution in [1.29, 1.82) is 0 Å². The average molecular weight is 440 g/mol. The maximum atomic E-state index is 5.15. The molecule has 0 spiro atoms. The van der Waals surface area contributed by atoms with Crippen LogP contribution < -0.4 is 10.6 Å². The van der Waals surface area contributed by atoms with Crippen molar-refractivity contribution < 1.29 is 4.74 Å². The molecular formula is C24H37N7O. The lowest BCUT2D eigenvalue weighted by molar-refractivity contribution is 0.177. The van der Waals surface area contributed by atoms with Crippen molar-refractivity contribution in [3.63, 3.8) is 0 Å². The van der Waals surface area contributed by atoms with E-state index in [1.54, 1.807) is 7.11 Å². The summed E-state index contributed by atoms with van der Waals surface area (Å²) in [6.07, 6.45) is 7.35. The van der Waals surface area contributed by atoms with Gasteiger partial charge in [0, 0.05) is 39.7 Å². The third-order valence-electron chi connectivity index (χ3n) is 6.33. The van der Waals surface area contributed by atoms with Crippen LogP contribution in [0.5, 0.6) is 0 Å². The fourth-order valence-electron chi connectivity index (χ4n) is 4.56. The van der Waals surface area contributed by atoms with Crippen LogP contribution in [0.2, 0.25) is 0 Å². The monoisotopic (exact) mass is 439 g/mol. The van der Waals surface area contributed by atoms with Crippen molar-refractivity contribution in [3.8, 4) is 0 Å². The van der Waals surface area contributed by atoms with E-state index in [2.05, 4.69) is 54.9 Å². The molecule has 1 unspecified atom stereocenters. The molecule has 4 rings (SSSR count). The van der Waals surface area contributed by atoms with Gasteiger partial charge in [0.05, 0.1) is 6.54 Å². The van der Waals surface area contributed by atoms with Gasteiger partial charge in [-0.3, -0.25) is 9.89 Å². The van der Waals surface area contributed by atoms with E-state index in [0.717, 1.165) is 50.1 Å². The number of aromatic nitrogens is 3. The van der Waals surface area contributed by atoms with E-state index in [-0.39, 0.29) is 6.04 Å². The van der Waals surface area contributed by atoms with Gasteiger partial charge in [-0.1, -0.05) is 37.1 Å². The number of hydrogen-bond donors (Lipinski definition) is 2. The van der Waals surface area contributed by atoms with Crippen molar-refractivity contribution in [2.24, 2.45) is 4.99 Å². The predicted molar refractivity (Wildman–Crippen MR) is 126 cm³/mol. The normalized spacial score (nSPS) is 19.9. The van der Waals surface area contributed by atoms with Crippen LogP contribution in [0.4, 0.5) is 0 Å². The molecule has 1 fully saturated rings. The highest BCUT2D eigenvalue weighted by molar-refractivity contribution is 5.79. The summed E-state index contributed by atoms with van der Waals surface area (Å²) in [4.78, 5) is 11.6. The van der Waals surface area contributed by atoms with Crippen LogP contribution in [0.25, 0.3) is 0 Å². The zero-order chi connectivity index (χ0) is 22.2. The van der Waals surface area contributed by atoms with E-state index >= 15 is 0 Å². The second-order valence-electron chi connectivity index (χ2n) is 8.87. The van der Waals surface area contributed by atoms with E-state index in [1.807, 2.05) is 11.7 Å². The van der Waals surface area contributed by atoms with Crippen LogP contribution in [0.3, 0.4) is 0 Å². The molecule has 8 nitrogen and oxygen atoms in total. The number of ether oxygens (including phenoxy) is 1. The number of fused-ring (bicyclic) bond motifs is 1. The summed E-state index contributed by atoms with van der Waals surface area (Å²) < 4.78 is 7.15. The lowest BCUT2D eigenvalue weighted by Gasteiger charge is -2.25. The van der Waals surface area contributed by atoms with Gasteiger partial charge >= 0.3 is 0 Å². The van der Waals surface area contributed by atoms with E-state index in [4.69, 9.17) is 4.74 Å². The number of aryl methyl sites for hydroxylation is 1. The highest BCUT2D eigenvalue weighted by Gasteiger charge is 2.22. The van der Waals surface area contributed by atoms with E-state index in [1.165, 1.54) is 49.9 Å². The van der Waals surface area contributed by atoms with Gasteiger partial charge in [0.2, 0.25) is 0 Å². The highest BCUT2D eigenvalue weighted by atomic mass is 16.5. The summed E-state index contributed by atoms with van der Waals surface area (Å²) in [7, 11) is 3.49. The predicted octanol–water partition coefficient (Wildman–Crippen LogP) is 2.48. The van der Waals surface area contributed by atoms with Gasteiger partial charge in [0.15, 0.2) is 11.8 Å². The number of nitrogens with one attached hydrogen (secondary N) is 2. The van der Waals surface area contributed by atoms with Crippen molar-refractivity contribution in [3.05, 3.63) is 47.0 Å². The Morgan fingerprint density at radius 1 is 1.12 bits per heavy atom. The summed E-state index contributed by atoms with van der Waals surface area (Å²) >= 11 is 0. The fraction of sp³-hybridized carbons (Fsp3) is 0.625. The SMILES string of the molecule is CN=C(NCc1ccc(CN2CCCCCC2)cc1)NC1CCc2nc(COC)nn2C1. The number of likely N-dealkylation sites (tertiary alicyclic amines) is 1. The molecule has 0 radical (unpaired) electrons. The molecule has 1 saturated heterocycles. The molecule has 2 aliphatic rings. The Balaban J connectivity index is 1.24. The van der Waals surface area contributed by atoms with Gasteiger partial charge in [-0.05, 0) is 43.5 Å². The summed E-state index contributed by atoms with van der Waals surface area (Å²) in [6, 6.07) is 9.27. The Kier molecular flexibility index (Phi) is 8.12. The fourth-order valence-corrected chi connectivity index (χ4v) is 4.56. The minimum atomic E-state index is 0.279. The van der Waals surface area contributed by atoms with Gasteiger partial charge < -0.3 is 15.4 Å². The van der Waals surface area contributed by atoms with E-state index in [9.17, 15) is 0 Å². The molecule has 32 heavy (non-hydrogen) atoms. The van der Waals surface area contributed by atoms with Gasteiger partial charge in [-0.2, -0.15) is 5.10 Å². The van der Waals surface area contributed by atoms with Gasteiger partial charge in [-0.15, -0.1) is 0 Å². The Labute approximate surface area is 191 Å². The molecule has 1 aromatic heterocycles. The molecule has 2 aliphatic heterocycles. The molecule has 174 valence electrons. The Hall–Kier alpha value is -2.45. The zero-order valence-corrected chi connectivity index (χ0v) is 19.5. The third kappa shape index (κ3) is 6.29. The maximum absolute atomic E-state index is 5.15. The van der Waals surface area contributed by atoms with Gasteiger partial charge in [0.25, 0.3) is 0 Å². The topological polar surface area (TPSA) is 79.6 Å². The Morgan fingerprint density at radius 3 is 2.59 bits per heavy atom. The third-order valence-corrected chi connectivity index (χ3v) is 6.33. The van der Waals surface area contributed by atoms with Crippen LogP contribution in [-0.4, -0.2) is 58.9 Å². The number of guanidine groups is 1. The first-order chi connectivity index (χ1) is 15.7. The second kappa shape index (κ2) is 11.4. The van der Waals surface area contributed by atoms with Crippen molar-refractivity contribution in [2.75, 3.05) is 27.2 Å². The Bertz CT molecular complexity index is 869. The lowest BCUT2D eigenvalue weighted by Crippen LogP contribution is -2.46. The molecule has 8 heteroatoms. The number of aliphatic imine (C=N–C) groups is 1. The summed E-state index contributed by atoms with van der Waals surface area (Å²) in [6.45, 7) is 5.53. The van der Waals surface area contributed by atoms with E-state index < -0.39 is 0 Å². The van der Waals surface area contributed by atoms with Crippen LogP contribution in [-0.2, 0) is 37.4 Å². The molecule has 0 aliphatic carbocycles. The van der Waals surface area contributed by atoms with Crippen LogP contribution in [0.15, 0.2) is 29.3 Å². The van der Waals surface area contributed by atoms with E-state index in [0.29, 0.717) is 6.61 Å². The quantitative estimate of drug-likeness (QED) is 0.510. The minimum Gasteiger partial charge on any atom is -0.377 e. The first-order valence-electron chi connectivity index (χ1n) is 11.9. The molecule has 2 N–H and O–H groups in total. The lowest BCUT2D eigenvalue weighted by atomic mass is 10.1. The largest absolute Gasteiger partial charge is 0.377 e. The molecule has 0 amide bonds. The Morgan fingerprint density at radius 2 is 1.88 bits per heavy atom. The molecule has 3 heterocycles. The number of benzene rings is 1. The molecule has 0 saturated carbocycles. The van der Waals surface area contributed by atoms with Crippen LogP contribution in [0.1, 0.15) is 54.9 Å². The maximum Gasteiger partial charge on any atom is 0.191 e. The highest BCUT2D eigenvalue weighted by Crippen LogP contribution is 2.15. The first kappa shape index (κ1) is 22.7. The van der Waals surface area contributed by atoms with Crippen LogP contribution in [0, 0.1) is 0 Å². The number of nitrogens with zero attached hydrogens (tertiary/aromatic N) is 5. The van der Waals surface area contributed by atoms with Crippen LogP contribution >= 0.6 is 0 Å². The molecule has 0 bridgehead atoms. The van der Waals surface area contributed by atoms with Gasteiger partial charge in [-0.25, -0.2) is 9.67 Å².